The molecule has 1 N–H and O–H groups in total. The van der Waals surface area contributed by atoms with Crippen LogP contribution < -0.4 is 0 Å². The number of carbonyl (C=O) groups excluding carboxylic acids is 1. The number of rotatable bonds is 3. The van der Waals surface area contributed by atoms with Crippen LogP contribution in [0.5, 0.6) is 0 Å². The van der Waals surface area contributed by atoms with Crippen LogP contribution in [-0.4, -0.2) is 34.8 Å². The molecule has 0 amide bonds. The van der Waals surface area contributed by atoms with E-state index in [9.17, 15) is 14.9 Å². The van der Waals surface area contributed by atoms with Crippen LogP contribution in [0.4, 0.5) is 0 Å². The third-order valence-corrected chi connectivity index (χ3v) is 2.29. The lowest BCUT2D eigenvalue weighted by Gasteiger charge is -2.15. The van der Waals surface area contributed by atoms with Crippen molar-refractivity contribution in [2.45, 2.75) is 25.5 Å². The SMILES string of the molecule is CC([C@@H]1CC(=O)O[C@@H]1CO)[N+](=O)[O-]. The first kappa shape index (κ1) is 9.91. The van der Waals surface area contributed by atoms with Gasteiger partial charge in [-0.15, -0.1) is 0 Å². The van der Waals surface area contributed by atoms with Crippen molar-refractivity contribution in [3.63, 3.8) is 0 Å². The number of esters is 1. The summed E-state index contributed by atoms with van der Waals surface area (Å²) in [6.45, 7) is 1.06. The van der Waals surface area contributed by atoms with Gasteiger partial charge in [-0.05, 0) is 0 Å². The second-order valence-electron chi connectivity index (χ2n) is 3.10. The van der Waals surface area contributed by atoms with Crippen LogP contribution in [0.3, 0.4) is 0 Å². The van der Waals surface area contributed by atoms with Crippen LogP contribution >= 0.6 is 0 Å². The number of hydrogen-bond acceptors (Lipinski definition) is 5. The third kappa shape index (κ3) is 1.95. The molecular formula is C7H11NO5. The molecule has 1 saturated heterocycles. The van der Waals surface area contributed by atoms with Gasteiger partial charge in [-0.1, -0.05) is 0 Å². The average molecular weight is 189 g/mol. The first-order chi connectivity index (χ1) is 6.06. The molecule has 1 fully saturated rings. The minimum Gasteiger partial charge on any atom is -0.459 e. The zero-order chi connectivity index (χ0) is 10.0. The molecular weight excluding hydrogens is 178 g/mol. The number of carbonyl (C=O) groups is 1. The van der Waals surface area contributed by atoms with Crippen molar-refractivity contribution in [1.82, 2.24) is 0 Å². The monoisotopic (exact) mass is 189 g/mol. The zero-order valence-electron chi connectivity index (χ0n) is 7.17. The number of cyclic esters (lactones) is 1. The lowest BCUT2D eigenvalue weighted by Crippen LogP contribution is -2.33. The lowest BCUT2D eigenvalue weighted by molar-refractivity contribution is -0.528. The zero-order valence-corrected chi connectivity index (χ0v) is 7.17. The first-order valence-corrected chi connectivity index (χ1v) is 4.00. The molecule has 0 radical (unpaired) electrons. The molecule has 0 bridgehead atoms. The van der Waals surface area contributed by atoms with Gasteiger partial charge in [0, 0.05) is 11.8 Å². The van der Waals surface area contributed by atoms with E-state index in [1.54, 1.807) is 0 Å². The Balaban J connectivity index is 2.67. The molecule has 6 nitrogen and oxygen atoms in total. The third-order valence-electron chi connectivity index (χ3n) is 2.29. The Morgan fingerprint density at radius 3 is 2.92 bits per heavy atom. The summed E-state index contributed by atoms with van der Waals surface area (Å²) in [7, 11) is 0. The maximum atomic E-state index is 10.8. The molecule has 0 aliphatic carbocycles. The summed E-state index contributed by atoms with van der Waals surface area (Å²) in [5.41, 5.74) is 0. The summed E-state index contributed by atoms with van der Waals surface area (Å²) in [5, 5.41) is 19.2. The van der Waals surface area contributed by atoms with E-state index in [1.807, 2.05) is 0 Å². The van der Waals surface area contributed by atoms with Crippen molar-refractivity contribution in [3.8, 4) is 0 Å². The Labute approximate surface area is 74.6 Å². The summed E-state index contributed by atoms with van der Waals surface area (Å²) in [6, 6.07) is -0.858. The van der Waals surface area contributed by atoms with E-state index >= 15 is 0 Å². The van der Waals surface area contributed by atoms with Gasteiger partial charge in [0.25, 0.3) is 0 Å². The van der Waals surface area contributed by atoms with Crippen LogP contribution in [0.1, 0.15) is 13.3 Å². The number of aliphatic hydroxyl groups excluding tert-OH is 1. The Bertz CT molecular complexity index is 227. The Kier molecular flexibility index (Phi) is 2.82. The van der Waals surface area contributed by atoms with Crippen LogP contribution in [-0.2, 0) is 9.53 Å². The van der Waals surface area contributed by atoms with Gasteiger partial charge in [-0.25, -0.2) is 0 Å². The smallest absolute Gasteiger partial charge is 0.306 e. The van der Waals surface area contributed by atoms with Gasteiger partial charge in [-0.3, -0.25) is 14.9 Å². The molecule has 1 heterocycles. The van der Waals surface area contributed by atoms with E-state index in [-0.39, 0.29) is 13.0 Å². The van der Waals surface area contributed by atoms with E-state index in [4.69, 9.17) is 9.84 Å². The quantitative estimate of drug-likeness (QED) is 0.370. The standard InChI is InChI=1S/C7H11NO5/c1-4(8(11)12)5-2-7(10)13-6(5)3-9/h4-6,9H,2-3H2,1H3/t4?,5-,6+/m0/s1. The topological polar surface area (TPSA) is 89.7 Å². The van der Waals surface area contributed by atoms with Gasteiger partial charge in [-0.2, -0.15) is 0 Å². The van der Waals surface area contributed by atoms with Crippen molar-refractivity contribution in [2.75, 3.05) is 6.61 Å². The predicted molar refractivity (Wildman–Crippen MR) is 41.5 cm³/mol. The molecule has 1 unspecified atom stereocenters. The highest BCUT2D eigenvalue weighted by Gasteiger charge is 2.42. The van der Waals surface area contributed by atoms with Crippen molar-refractivity contribution in [3.05, 3.63) is 10.1 Å². The average Bonchev–Trinajstić information content (AvgIpc) is 2.45. The molecule has 0 saturated carbocycles. The van der Waals surface area contributed by atoms with E-state index in [0.29, 0.717) is 0 Å². The van der Waals surface area contributed by atoms with Gasteiger partial charge in [0.15, 0.2) is 0 Å². The number of ether oxygens (including phenoxy) is 1. The first-order valence-electron chi connectivity index (χ1n) is 4.00. The van der Waals surface area contributed by atoms with Crippen LogP contribution in [0.2, 0.25) is 0 Å². The lowest BCUT2D eigenvalue weighted by atomic mass is 9.94. The fraction of sp³-hybridized carbons (Fsp3) is 0.857. The van der Waals surface area contributed by atoms with Gasteiger partial charge in [0.05, 0.1) is 18.9 Å². The second kappa shape index (κ2) is 3.69. The fourth-order valence-corrected chi connectivity index (χ4v) is 1.44. The van der Waals surface area contributed by atoms with Gasteiger partial charge >= 0.3 is 5.97 Å². The molecule has 1 aliphatic rings. The van der Waals surface area contributed by atoms with E-state index < -0.39 is 29.0 Å². The molecule has 74 valence electrons. The Morgan fingerprint density at radius 1 is 1.85 bits per heavy atom. The predicted octanol–water partition coefficient (Wildman–Crippen LogP) is -0.424. The summed E-state index contributed by atoms with van der Waals surface area (Å²) in [5.74, 6) is -0.981. The van der Waals surface area contributed by atoms with Crippen molar-refractivity contribution >= 4 is 5.97 Å². The minimum atomic E-state index is -0.858. The molecule has 0 aromatic carbocycles. The minimum absolute atomic E-state index is 0.0212. The maximum absolute atomic E-state index is 10.8. The number of nitro groups is 1. The molecule has 0 aromatic heterocycles. The number of hydrogen-bond donors (Lipinski definition) is 1. The van der Waals surface area contributed by atoms with Gasteiger partial charge in [0.1, 0.15) is 6.10 Å². The molecule has 0 aromatic rings. The molecule has 1 rings (SSSR count). The highest BCUT2D eigenvalue weighted by atomic mass is 16.6. The Morgan fingerprint density at radius 2 is 2.46 bits per heavy atom. The van der Waals surface area contributed by atoms with Gasteiger partial charge in [0.2, 0.25) is 6.04 Å². The summed E-state index contributed by atoms with van der Waals surface area (Å²) < 4.78 is 4.70. The molecule has 3 atom stereocenters. The molecule has 0 spiro atoms. The normalized spacial score (nSPS) is 29.8. The maximum Gasteiger partial charge on any atom is 0.306 e. The molecule has 6 heteroatoms. The van der Waals surface area contributed by atoms with E-state index in [1.165, 1.54) is 6.92 Å². The number of aliphatic hydroxyl groups is 1. The van der Waals surface area contributed by atoms with Crippen LogP contribution in [0, 0.1) is 16.0 Å². The van der Waals surface area contributed by atoms with Crippen molar-refractivity contribution < 1.29 is 19.6 Å². The summed E-state index contributed by atoms with van der Waals surface area (Å²) in [6.07, 6.45) is -0.694. The largest absolute Gasteiger partial charge is 0.459 e. The van der Waals surface area contributed by atoms with Gasteiger partial charge < -0.3 is 9.84 Å². The molecule has 13 heavy (non-hydrogen) atoms. The van der Waals surface area contributed by atoms with Crippen LogP contribution in [0.25, 0.3) is 0 Å². The van der Waals surface area contributed by atoms with E-state index in [0.717, 1.165) is 0 Å². The summed E-state index contributed by atoms with van der Waals surface area (Å²) >= 11 is 0. The van der Waals surface area contributed by atoms with E-state index in [2.05, 4.69) is 0 Å². The molecule has 1 aliphatic heterocycles. The Hall–Kier alpha value is -1.17. The summed E-state index contributed by atoms with van der Waals surface area (Å²) in [4.78, 5) is 20.7. The van der Waals surface area contributed by atoms with Crippen molar-refractivity contribution in [1.29, 1.82) is 0 Å². The highest BCUT2D eigenvalue weighted by molar-refractivity contribution is 5.72. The highest BCUT2D eigenvalue weighted by Crippen LogP contribution is 2.26. The fourth-order valence-electron chi connectivity index (χ4n) is 1.44. The second-order valence-corrected chi connectivity index (χ2v) is 3.10. The van der Waals surface area contributed by atoms with Crippen molar-refractivity contribution in [2.24, 2.45) is 5.92 Å². The van der Waals surface area contributed by atoms with Crippen LogP contribution in [0.15, 0.2) is 0 Å². The number of nitrogens with zero attached hydrogens (tertiary/aromatic N) is 1.